The van der Waals surface area contributed by atoms with Crippen molar-refractivity contribution >= 4 is 0 Å². The van der Waals surface area contributed by atoms with E-state index >= 15 is 0 Å². The minimum Gasteiger partial charge on any atom is -0.387 e. The fourth-order valence-corrected chi connectivity index (χ4v) is 0.950. The van der Waals surface area contributed by atoms with Crippen molar-refractivity contribution in [2.75, 3.05) is 13.6 Å². The van der Waals surface area contributed by atoms with Crippen LogP contribution in [0, 0.1) is 5.95 Å². The van der Waals surface area contributed by atoms with Gasteiger partial charge in [0.05, 0.1) is 6.10 Å². The Bertz CT molecular complexity index is 255. The number of hydrogen-bond donors (Lipinski definition) is 2. The van der Waals surface area contributed by atoms with E-state index < -0.39 is 12.1 Å². The van der Waals surface area contributed by atoms with Gasteiger partial charge in [-0.25, -0.2) is 4.98 Å². The van der Waals surface area contributed by atoms with Crippen LogP contribution in [0.2, 0.25) is 0 Å². The van der Waals surface area contributed by atoms with E-state index in [9.17, 15) is 9.50 Å². The lowest BCUT2D eigenvalue weighted by atomic mass is 10.1. The number of nitrogens with zero attached hydrogens (tertiary/aromatic N) is 1. The summed E-state index contributed by atoms with van der Waals surface area (Å²) in [6, 6.07) is 3.11. The molecule has 0 aromatic carbocycles. The highest BCUT2D eigenvalue weighted by atomic mass is 19.1. The molecular weight excluding hydrogens is 159 g/mol. The molecule has 0 saturated carbocycles. The van der Waals surface area contributed by atoms with Gasteiger partial charge < -0.3 is 10.4 Å². The highest BCUT2D eigenvalue weighted by Gasteiger charge is 2.11. The first-order valence-electron chi connectivity index (χ1n) is 3.68. The molecule has 0 bridgehead atoms. The van der Waals surface area contributed by atoms with Gasteiger partial charge in [0.1, 0.15) is 0 Å². The molecule has 1 rings (SSSR count). The normalized spacial score (nSPS) is 12.9. The first-order chi connectivity index (χ1) is 5.75. The molecule has 0 aliphatic carbocycles. The third kappa shape index (κ3) is 1.99. The van der Waals surface area contributed by atoms with Crippen molar-refractivity contribution < 1.29 is 9.50 Å². The lowest BCUT2D eigenvalue weighted by Crippen LogP contribution is -2.17. The van der Waals surface area contributed by atoms with Gasteiger partial charge in [-0.2, -0.15) is 4.39 Å². The Kier molecular flexibility index (Phi) is 3.13. The molecule has 1 aromatic heterocycles. The Labute approximate surface area is 70.3 Å². The smallest absolute Gasteiger partial charge is 0.218 e. The molecule has 0 fully saturated rings. The van der Waals surface area contributed by atoms with Crippen LogP contribution in [0.4, 0.5) is 4.39 Å². The number of rotatable bonds is 3. The zero-order chi connectivity index (χ0) is 8.97. The lowest BCUT2D eigenvalue weighted by molar-refractivity contribution is 0.172. The molecule has 66 valence electrons. The molecule has 0 radical (unpaired) electrons. The van der Waals surface area contributed by atoms with E-state index in [0.717, 1.165) is 0 Å². The molecule has 4 heteroatoms. The maximum absolute atomic E-state index is 12.9. The second kappa shape index (κ2) is 4.13. The first-order valence-corrected chi connectivity index (χ1v) is 3.68. The molecule has 3 nitrogen and oxygen atoms in total. The van der Waals surface area contributed by atoms with E-state index in [1.165, 1.54) is 12.3 Å². The van der Waals surface area contributed by atoms with Gasteiger partial charge in [-0.1, -0.05) is 6.07 Å². The zero-order valence-electron chi connectivity index (χ0n) is 6.79. The van der Waals surface area contributed by atoms with E-state index in [1.54, 1.807) is 13.1 Å². The van der Waals surface area contributed by atoms with E-state index in [2.05, 4.69) is 10.3 Å². The lowest BCUT2D eigenvalue weighted by Gasteiger charge is -2.09. The largest absolute Gasteiger partial charge is 0.387 e. The van der Waals surface area contributed by atoms with Crippen molar-refractivity contribution in [2.45, 2.75) is 6.10 Å². The Morgan fingerprint density at radius 3 is 3.08 bits per heavy atom. The molecule has 0 amide bonds. The number of hydrogen-bond acceptors (Lipinski definition) is 3. The average Bonchev–Trinajstić information content (AvgIpc) is 2.05. The number of nitrogens with one attached hydrogen (secondary N) is 1. The summed E-state index contributed by atoms with van der Waals surface area (Å²) in [6.45, 7) is 0.322. The number of halogens is 1. The van der Waals surface area contributed by atoms with Crippen LogP contribution < -0.4 is 5.32 Å². The monoisotopic (exact) mass is 170 g/mol. The molecule has 12 heavy (non-hydrogen) atoms. The summed E-state index contributed by atoms with van der Waals surface area (Å²) in [4.78, 5) is 3.43. The predicted molar refractivity (Wildman–Crippen MR) is 43.1 cm³/mol. The Morgan fingerprint density at radius 2 is 2.50 bits per heavy atom. The van der Waals surface area contributed by atoms with Crippen LogP contribution in [-0.2, 0) is 0 Å². The SMILES string of the molecule is CNCC(O)c1cccnc1F. The third-order valence-corrected chi connectivity index (χ3v) is 1.54. The highest BCUT2D eigenvalue weighted by Crippen LogP contribution is 2.13. The Hall–Kier alpha value is -1.00. The van der Waals surface area contributed by atoms with Crippen molar-refractivity contribution in [1.82, 2.24) is 10.3 Å². The molecule has 1 aromatic rings. The maximum atomic E-state index is 12.9. The second-order valence-corrected chi connectivity index (χ2v) is 2.46. The van der Waals surface area contributed by atoms with Gasteiger partial charge in [0.2, 0.25) is 5.95 Å². The van der Waals surface area contributed by atoms with Crippen LogP contribution in [0.5, 0.6) is 0 Å². The third-order valence-electron chi connectivity index (χ3n) is 1.54. The summed E-state index contributed by atoms with van der Waals surface area (Å²) < 4.78 is 12.9. The first kappa shape index (κ1) is 9.09. The number of pyridine rings is 1. The van der Waals surface area contributed by atoms with Crippen LogP contribution in [0.25, 0.3) is 0 Å². The molecule has 2 N–H and O–H groups in total. The number of aromatic nitrogens is 1. The highest BCUT2D eigenvalue weighted by molar-refractivity contribution is 5.14. The van der Waals surface area contributed by atoms with Crippen LogP contribution in [-0.4, -0.2) is 23.7 Å². The number of likely N-dealkylation sites (N-methyl/N-ethyl adjacent to an activating group) is 1. The molecule has 0 saturated heterocycles. The molecule has 0 aliphatic rings. The van der Waals surface area contributed by atoms with Crippen LogP contribution in [0.15, 0.2) is 18.3 Å². The summed E-state index contributed by atoms with van der Waals surface area (Å²) >= 11 is 0. The number of aliphatic hydroxyl groups is 1. The van der Waals surface area contributed by atoms with Crippen molar-refractivity contribution in [2.24, 2.45) is 0 Å². The van der Waals surface area contributed by atoms with Crippen molar-refractivity contribution in [3.05, 3.63) is 29.8 Å². The maximum Gasteiger partial charge on any atom is 0.218 e. The fourth-order valence-electron chi connectivity index (χ4n) is 0.950. The summed E-state index contributed by atoms with van der Waals surface area (Å²) in [5.74, 6) is -0.611. The fraction of sp³-hybridized carbons (Fsp3) is 0.375. The Balaban J connectivity index is 2.79. The minimum atomic E-state index is -0.830. The van der Waals surface area contributed by atoms with E-state index in [1.807, 2.05) is 0 Å². The van der Waals surface area contributed by atoms with Crippen molar-refractivity contribution in [3.8, 4) is 0 Å². The van der Waals surface area contributed by atoms with E-state index in [0.29, 0.717) is 6.54 Å². The number of aliphatic hydroxyl groups excluding tert-OH is 1. The minimum absolute atomic E-state index is 0.229. The van der Waals surface area contributed by atoms with Gasteiger partial charge in [-0.05, 0) is 13.1 Å². The average molecular weight is 170 g/mol. The summed E-state index contributed by atoms with van der Waals surface area (Å²) in [7, 11) is 1.69. The summed E-state index contributed by atoms with van der Waals surface area (Å²) in [5.41, 5.74) is 0.229. The van der Waals surface area contributed by atoms with Crippen molar-refractivity contribution in [1.29, 1.82) is 0 Å². The summed E-state index contributed by atoms with van der Waals surface area (Å²) in [6.07, 6.45) is 0.522. The molecule has 1 atom stereocenters. The topological polar surface area (TPSA) is 45.1 Å². The van der Waals surface area contributed by atoms with Crippen LogP contribution in [0.1, 0.15) is 11.7 Å². The van der Waals surface area contributed by atoms with Gasteiger partial charge in [0.25, 0.3) is 0 Å². The zero-order valence-corrected chi connectivity index (χ0v) is 6.79. The van der Waals surface area contributed by atoms with Gasteiger partial charge in [0.15, 0.2) is 0 Å². The van der Waals surface area contributed by atoms with Gasteiger partial charge >= 0.3 is 0 Å². The quantitative estimate of drug-likeness (QED) is 0.648. The molecule has 1 heterocycles. The standard InChI is InChI=1S/C8H11FN2O/c1-10-5-7(12)6-3-2-4-11-8(6)9/h2-4,7,10,12H,5H2,1H3. The van der Waals surface area contributed by atoms with E-state index in [-0.39, 0.29) is 5.56 Å². The predicted octanol–water partition coefficient (Wildman–Crippen LogP) is 0.474. The van der Waals surface area contributed by atoms with Gasteiger partial charge in [-0.15, -0.1) is 0 Å². The van der Waals surface area contributed by atoms with Gasteiger partial charge in [0, 0.05) is 18.3 Å². The van der Waals surface area contributed by atoms with E-state index in [4.69, 9.17) is 0 Å². The molecule has 0 spiro atoms. The van der Waals surface area contributed by atoms with Gasteiger partial charge in [-0.3, -0.25) is 0 Å². The second-order valence-electron chi connectivity index (χ2n) is 2.46. The Morgan fingerprint density at radius 1 is 1.75 bits per heavy atom. The summed E-state index contributed by atoms with van der Waals surface area (Å²) in [5, 5.41) is 12.1. The van der Waals surface area contributed by atoms with Crippen LogP contribution in [0.3, 0.4) is 0 Å². The molecular formula is C8H11FN2O. The van der Waals surface area contributed by atoms with Crippen LogP contribution >= 0.6 is 0 Å². The molecule has 1 unspecified atom stereocenters. The molecule has 0 aliphatic heterocycles. The van der Waals surface area contributed by atoms with Crippen molar-refractivity contribution in [3.63, 3.8) is 0 Å².